The van der Waals surface area contributed by atoms with Crippen molar-refractivity contribution in [2.75, 3.05) is 0 Å². The van der Waals surface area contributed by atoms with Gasteiger partial charge in [-0.2, -0.15) is 0 Å². The van der Waals surface area contributed by atoms with E-state index in [1.807, 2.05) is 60.7 Å². The second-order valence-corrected chi connectivity index (χ2v) is 6.71. The molecule has 25 heavy (non-hydrogen) atoms. The summed E-state index contributed by atoms with van der Waals surface area (Å²) in [7, 11) is 0. The molecule has 0 bridgehead atoms. The summed E-state index contributed by atoms with van der Waals surface area (Å²) in [5, 5.41) is 5.27. The summed E-state index contributed by atoms with van der Waals surface area (Å²) in [5.74, 6) is 0. The topological polar surface area (TPSA) is 64.9 Å². The Balaban J connectivity index is 1.81. The van der Waals surface area contributed by atoms with Crippen LogP contribution >= 0.6 is 15.9 Å². The maximum Gasteiger partial charge on any atom is 0.167 e. The van der Waals surface area contributed by atoms with Crippen LogP contribution in [0.2, 0.25) is 0 Å². The van der Waals surface area contributed by atoms with E-state index in [-0.39, 0.29) is 6.04 Å². The van der Waals surface area contributed by atoms with Gasteiger partial charge in [0.2, 0.25) is 0 Å². The lowest BCUT2D eigenvalue weighted by atomic mass is 9.94. The van der Waals surface area contributed by atoms with Crippen molar-refractivity contribution in [3.8, 4) is 11.3 Å². The molecule has 1 atom stereocenters. The molecular weight excluding hydrogens is 378 g/mol. The summed E-state index contributed by atoms with van der Waals surface area (Å²) in [6.45, 7) is 0. The van der Waals surface area contributed by atoms with Gasteiger partial charge in [0.05, 0.1) is 0 Å². The van der Waals surface area contributed by atoms with Crippen LogP contribution in [-0.4, -0.2) is 10.1 Å². The Morgan fingerprint density at radius 3 is 2.68 bits per heavy atom. The van der Waals surface area contributed by atoms with E-state index < -0.39 is 0 Å². The van der Waals surface area contributed by atoms with Crippen LogP contribution in [0.25, 0.3) is 22.2 Å². The van der Waals surface area contributed by atoms with Crippen molar-refractivity contribution in [3.63, 3.8) is 0 Å². The van der Waals surface area contributed by atoms with Crippen LogP contribution in [0, 0.1) is 0 Å². The van der Waals surface area contributed by atoms with E-state index in [2.05, 4.69) is 26.1 Å². The minimum Gasteiger partial charge on any atom is -0.356 e. The molecule has 0 aliphatic carbocycles. The molecule has 124 valence electrons. The quantitative estimate of drug-likeness (QED) is 0.535. The molecule has 0 aliphatic heterocycles. The molecule has 2 aromatic heterocycles. The summed E-state index contributed by atoms with van der Waals surface area (Å²) in [6.07, 6.45) is 2.43. The molecular formula is C20H16BrN3O. The monoisotopic (exact) mass is 393 g/mol. The van der Waals surface area contributed by atoms with Crippen LogP contribution < -0.4 is 5.73 Å². The predicted octanol–water partition coefficient (Wildman–Crippen LogP) is 4.89. The minimum atomic E-state index is -0.212. The molecule has 4 nitrogen and oxygen atoms in total. The normalized spacial score (nSPS) is 12.4. The van der Waals surface area contributed by atoms with E-state index in [0.29, 0.717) is 6.42 Å². The summed E-state index contributed by atoms with van der Waals surface area (Å²) < 4.78 is 6.44. The first-order valence-corrected chi connectivity index (χ1v) is 8.82. The number of aromatic nitrogens is 2. The highest BCUT2D eigenvalue weighted by Crippen LogP contribution is 2.37. The third kappa shape index (κ3) is 3.08. The minimum absolute atomic E-state index is 0.212. The van der Waals surface area contributed by atoms with Gasteiger partial charge in [0.25, 0.3) is 0 Å². The second-order valence-electron chi connectivity index (χ2n) is 5.86. The molecule has 0 amide bonds. The molecule has 5 heteroatoms. The molecule has 2 aromatic carbocycles. The Kier molecular flexibility index (Phi) is 4.34. The van der Waals surface area contributed by atoms with Crippen molar-refractivity contribution in [2.45, 2.75) is 12.5 Å². The van der Waals surface area contributed by atoms with Gasteiger partial charge in [0, 0.05) is 39.8 Å². The maximum atomic E-state index is 6.55. The van der Waals surface area contributed by atoms with E-state index in [1.165, 1.54) is 0 Å². The van der Waals surface area contributed by atoms with Gasteiger partial charge in [-0.05, 0) is 35.9 Å². The molecule has 0 radical (unpaired) electrons. The Labute approximate surface area is 153 Å². The van der Waals surface area contributed by atoms with Crippen LogP contribution in [0.1, 0.15) is 17.3 Å². The lowest BCUT2D eigenvalue weighted by Crippen LogP contribution is -2.16. The van der Waals surface area contributed by atoms with Crippen molar-refractivity contribution in [1.82, 2.24) is 10.1 Å². The molecule has 4 aromatic rings. The first-order chi connectivity index (χ1) is 12.2. The van der Waals surface area contributed by atoms with Gasteiger partial charge in [-0.1, -0.05) is 51.4 Å². The number of fused-ring (bicyclic) bond motifs is 1. The zero-order valence-electron chi connectivity index (χ0n) is 13.4. The van der Waals surface area contributed by atoms with Crippen LogP contribution in [-0.2, 0) is 6.42 Å². The van der Waals surface area contributed by atoms with E-state index in [9.17, 15) is 0 Å². The third-order valence-corrected chi connectivity index (χ3v) is 4.90. The van der Waals surface area contributed by atoms with Gasteiger partial charge in [-0.15, -0.1) is 0 Å². The molecule has 2 N–H and O–H groups in total. The molecule has 4 rings (SSSR count). The highest BCUT2D eigenvalue weighted by atomic mass is 79.9. The fourth-order valence-electron chi connectivity index (χ4n) is 3.05. The SMILES string of the molecule is N[C@@H](Cc1ccccn1)c1c(Br)cccc1-c1noc2ccccc12. The molecule has 0 spiro atoms. The zero-order valence-corrected chi connectivity index (χ0v) is 15.0. The number of nitrogens with zero attached hydrogens (tertiary/aromatic N) is 2. The smallest absolute Gasteiger partial charge is 0.167 e. The number of rotatable bonds is 4. The van der Waals surface area contributed by atoms with E-state index in [0.717, 1.165) is 38.0 Å². The van der Waals surface area contributed by atoms with Crippen LogP contribution in [0.4, 0.5) is 0 Å². The van der Waals surface area contributed by atoms with Gasteiger partial charge < -0.3 is 10.3 Å². The number of hydrogen-bond donors (Lipinski definition) is 1. The molecule has 0 saturated heterocycles. The van der Waals surface area contributed by atoms with Crippen molar-refractivity contribution < 1.29 is 4.52 Å². The van der Waals surface area contributed by atoms with E-state index >= 15 is 0 Å². The van der Waals surface area contributed by atoms with Crippen LogP contribution in [0.15, 0.2) is 75.9 Å². The van der Waals surface area contributed by atoms with Crippen molar-refractivity contribution in [1.29, 1.82) is 0 Å². The van der Waals surface area contributed by atoms with Gasteiger partial charge in [0.15, 0.2) is 5.58 Å². The number of hydrogen-bond acceptors (Lipinski definition) is 4. The predicted molar refractivity (Wildman–Crippen MR) is 102 cm³/mol. The number of pyridine rings is 1. The number of halogens is 1. The van der Waals surface area contributed by atoms with Gasteiger partial charge in [0.1, 0.15) is 5.69 Å². The number of para-hydroxylation sites is 1. The van der Waals surface area contributed by atoms with E-state index in [1.54, 1.807) is 6.20 Å². The van der Waals surface area contributed by atoms with Gasteiger partial charge in [-0.3, -0.25) is 4.98 Å². The van der Waals surface area contributed by atoms with Gasteiger partial charge >= 0.3 is 0 Å². The summed E-state index contributed by atoms with van der Waals surface area (Å²) in [5.41, 5.74) is 11.1. The van der Waals surface area contributed by atoms with E-state index in [4.69, 9.17) is 10.3 Å². The Bertz CT molecular complexity index is 1010. The lowest BCUT2D eigenvalue weighted by Gasteiger charge is -2.17. The Morgan fingerprint density at radius 1 is 1.00 bits per heavy atom. The highest BCUT2D eigenvalue weighted by molar-refractivity contribution is 9.10. The Hall–Kier alpha value is -2.50. The molecule has 2 heterocycles. The second kappa shape index (κ2) is 6.78. The Morgan fingerprint density at radius 2 is 1.84 bits per heavy atom. The summed E-state index contributed by atoms with van der Waals surface area (Å²) in [6, 6.07) is 19.5. The molecule has 0 aliphatic rings. The van der Waals surface area contributed by atoms with Crippen LogP contribution in [0.5, 0.6) is 0 Å². The average Bonchev–Trinajstić information content (AvgIpc) is 3.06. The fourth-order valence-corrected chi connectivity index (χ4v) is 3.71. The molecule has 0 saturated carbocycles. The van der Waals surface area contributed by atoms with Crippen LogP contribution in [0.3, 0.4) is 0 Å². The summed E-state index contributed by atoms with van der Waals surface area (Å²) in [4.78, 5) is 4.39. The van der Waals surface area contributed by atoms with Crippen molar-refractivity contribution in [2.24, 2.45) is 5.73 Å². The first-order valence-electron chi connectivity index (χ1n) is 8.02. The standard InChI is InChI=1S/C20H16BrN3O/c21-16-9-5-8-15(20-14-7-1-2-10-18(14)25-24-20)19(16)17(22)12-13-6-3-4-11-23-13/h1-11,17H,12,22H2/t17-/m0/s1. The first kappa shape index (κ1) is 16.0. The fraction of sp³-hybridized carbons (Fsp3) is 0.100. The van der Waals surface area contributed by atoms with Crippen molar-refractivity contribution >= 4 is 26.9 Å². The highest BCUT2D eigenvalue weighted by Gasteiger charge is 2.20. The summed E-state index contributed by atoms with van der Waals surface area (Å²) >= 11 is 3.65. The lowest BCUT2D eigenvalue weighted by molar-refractivity contribution is 0.459. The van der Waals surface area contributed by atoms with Crippen molar-refractivity contribution in [3.05, 3.63) is 82.6 Å². The van der Waals surface area contributed by atoms with Gasteiger partial charge in [-0.25, -0.2) is 0 Å². The maximum absolute atomic E-state index is 6.55. The molecule has 0 fully saturated rings. The molecule has 0 unspecified atom stereocenters. The largest absolute Gasteiger partial charge is 0.356 e. The average molecular weight is 394 g/mol. The third-order valence-electron chi connectivity index (χ3n) is 4.21. The zero-order chi connectivity index (χ0) is 17.2. The number of benzene rings is 2. The number of nitrogens with two attached hydrogens (primary N) is 1.